The summed E-state index contributed by atoms with van der Waals surface area (Å²) in [5.74, 6) is 0.633. The molecule has 1 fully saturated rings. The predicted octanol–water partition coefficient (Wildman–Crippen LogP) is 0.756. The highest BCUT2D eigenvalue weighted by atomic mass is 16.3. The molecular weight excluding hydrogens is 188 g/mol. The van der Waals surface area contributed by atoms with Crippen LogP contribution in [-0.2, 0) is 0 Å². The molecule has 4 N–H and O–H groups in total. The molecule has 1 aliphatic heterocycles. The van der Waals surface area contributed by atoms with E-state index in [9.17, 15) is 5.11 Å². The second-order valence-electron chi connectivity index (χ2n) is 4.11. The molecule has 2 unspecified atom stereocenters. The zero-order chi connectivity index (χ0) is 10.7. The van der Waals surface area contributed by atoms with E-state index < -0.39 is 6.10 Å². The first kappa shape index (κ1) is 10.6. The van der Waals surface area contributed by atoms with Crippen molar-refractivity contribution in [2.75, 3.05) is 19.6 Å². The second-order valence-corrected chi connectivity index (χ2v) is 4.11. The Labute approximate surface area is 90.3 Å². The van der Waals surface area contributed by atoms with Gasteiger partial charge in [-0.1, -0.05) is 24.3 Å². The minimum atomic E-state index is -0.527. The van der Waals surface area contributed by atoms with E-state index in [4.69, 9.17) is 5.73 Å². The third-order valence-corrected chi connectivity index (χ3v) is 3.08. The molecule has 1 heterocycles. The summed E-state index contributed by atoms with van der Waals surface area (Å²) >= 11 is 0. The molecule has 3 heteroatoms. The minimum absolute atomic E-state index is 0.282. The Kier molecular flexibility index (Phi) is 3.36. The molecule has 1 aliphatic rings. The maximum absolute atomic E-state index is 9.55. The lowest BCUT2D eigenvalue weighted by Gasteiger charge is -2.12. The van der Waals surface area contributed by atoms with Crippen LogP contribution in [0.1, 0.15) is 29.6 Å². The lowest BCUT2D eigenvalue weighted by molar-refractivity contribution is 0.186. The van der Waals surface area contributed by atoms with E-state index in [1.807, 2.05) is 12.1 Å². The smallest absolute Gasteiger partial charge is 0.0912 e. The third kappa shape index (κ3) is 2.37. The van der Waals surface area contributed by atoms with Gasteiger partial charge in [-0.25, -0.2) is 0 Å². The zero-order valence-corrected chi connectivity index (χ0v) is 8.82. The molecule has 0 amide bonds. The first-order chi connectivity index (χ1) is 7.31. The molecule has 0 spiro atoms. The predicted molar refractivity (Wildman–Crippen MR) is 60.7 cm³/mol. The molecule has 0 aliphatic carbocycles. The highest BCUT2D eigenvalue weighted by Crippen LogP contribution is 2.23. The van der Waals surface area contributed by atoms with Gasteiger partial charge in [0.15, 0.2) is 0 Å². The Balaban J connectivity index is 2.09. The molecule has 82 valence electrons. The molecule has 2 rings (SSSR count). The van der Waals surface area contributed by atoms with Crippen LogP contribution in [0.25, 0.3) is 0 Å². The van der Waals surface area contributed by atoms with Crippen molar-refractivity contribution in [2.45, 2.75) is 18.4 Å². The molecular formula is C12H18N2O. The number of benzene rings is 1. The lowest BCUT2D eigenvalue weighted by Crippen LogP contribution is -2.11. The molecule has 0 bridgehead atoms. The summed E-state index contributed by atoms with van der Waals surface area (Å²) in [5.41, 5.74) is 7.67. The Morgan fingerprint density at radius 1 is 1.40 bits per heavy atom. The summed E-state index contributed by atoms with van der Waals surface area (Å²) in [6.07, 6.45) is 0.680. The fourth-order valence-corrected chi connectivity index (χ4v) is 2.07. The molecule has 0 saturated carbocycles. The number of aliphatic hydroxyl groups is 1. The highest BCUT2D eigenvalue weighted by molar-refractivity contribution is 5.27. The summed E-state index contributed by atoms with van der Waals surface area (Å²) in [6.45, 7) is 2.46. The first-order valence-corrected chi connectivity index (χ1v) is 5.50. The van der Waals surface area contributed by atoms with Gasteiger partial charge in [-0.15, -0.1) is 0 Å². The molecule has 0 aromatic heterocycles. The maximum Gasteiger partial charge on any atom is 0.0912 e. The molecule has 3 nitrogen and oxygen atoms in total. The highest BCUT2D eigenvalue weighted by Gasteiger charge is 2.16. The third-order valence-electron chi connectivity index (χ3n) is 3.08. The fraction of sp³-hybridized carbons (Fsp3) is 0.500. The monoisotopic (exact) mass is 206 g/mol. The van der Waals surface area contributed by atoms with Crippen LogP contribution in [0.3, 0.4) is 0 Å². The fourth-order valence-electron chi connectivity index (χ4n) is 2.07. The van der Waals surface area contributed by atoms with E-state index in [2.05, 4.69) is 17.4 Å². The van der Waals surface area contributed by atoms with Crippen molar-refractivity contribution < 1.29 is 5.11 Å². The Hall–Kier alpha value is -0.900. The lowest BCUT2D eigenvalue weighted by atomic mass is 9.96. The number of rotatable bonds is 3. The number of nitrogens with one attached hydrogen (secondary N) is 1. The van der Waals surface area contributed by atoms with E-state index in [0.717, 1.165) is 18.7 Å². The first-order valence-electron chi connectivity index (χ1n) is 5.50. The van der Waals surface area contributed by atoms with Crippen LogP contribution in [0, 0.1) is 0 Å². The normalized spacial score (nSPS) is 22.9. The maximum atomic E-state index is 9.55. The van der Waals surface area contributed by atoms with Crippen molar-refractivity contribution in [2.24, 2.45) is 5.73 Å². The topological polar surface area (TPSA) is 58.3 Å². The number of hydrogen-bond donors (Lipinski definition) is 3. The van der Waals surface area contributed by atoms with Crippen molar-refractivity contribution in [3.8, 4) is 0 Å². The van der Waals surface area contributed by atoms with Crippen LogP contribution in [0.5, 0.6) is 0 Å². The van der Waals surface area contributed by atoms with Crippen LogP contribution >= 0.6 is 0 Å². The Morgan fingerprint density at radius 2 is 2.13 bits per heavy atom. The van der Waals surface area contributed by atoms with Crippen LogP contribution in [-0.4, -0.2) is 24.7 Å². The van der Waals surface area contributed by atoms with Crippen LogP contribution < -0.4 is 11.1 Å². The summed E-state index contributed by atoms with van der Waals surface area (Å²) in [7, 11) is 0. The van der Waals surface area contributed by atoms with E-state index in [0.29, 0.717) is 5.92 Å². The molecule has 0 radical (unpaired) electrons. The molecule has 2 atom stereocenters. The average Bonchev–Trinajstić information content (AvgIpc) is 2.82. The second kappa shape index (κ2) is 4.75. The quantitative estimate of drug-likeness (QED) is 0.684. The van der Waals surface area contributed by atoms with Gasteiger partial charge in [-0.2, -0.15) is 0 Å². The van der Waals surface area contributed by atoms with Gasteiger partial charge in [0.2, 0.25) is 0 Å². The SMILES string of the molecule is NCC(O)c1ccc(C2CCNC2)cc1. The van der Waals surface area contributed by atoms with Gasteiger partial charge in [0.25, 0.3) is 0 Å². The van der Waals surface area contributed by atoms with Crippen molar-refractivity contribution in [3.63, 3.8) is 0 Å². The molecule has 1 aromatic carbocycles. The van der Waals surface area contributed by atoms with Crippen molar-refractivity contribution in [1.29, 1.82) is 0 Å². The van der Waals surface area contributed by atoms with Crippen molar-refractivity contribution in [1.82, 2.24) is 5.32 Å². The molecule has 1 saturated heterocycles. The summed E-state index contributed by atoms with van der Waals surface area (Å²) in [6, 6.07) is 8.16. The van der Waals surface area contributed by atoms with Gasteiger partial charge in [0, 0.05) is 13.1 Å². The summed E-state index contributed by atoms with van der Waals surface area (Å²) in [4.78, 5) is 0. The zero-order valence-electron chi connectivity index (χ0n) is 8.82. The van der Waals surface area contributed by atoms with Gasteiger partial charge in [-0.05, 0) is 30.0 Å². The minimum Gasteiger partial charge on any atom is -0.387 e. The Morgan fingerprint density at radius 3 is 2.67 bits per heavy atom. The van der Waals surface area contributed by atoms with Gasteiger partial charge in [0.1, 0.15) is 0 Å². The number of nitrogens with two attached hydrogens (primary N) is 1. The standard InChI is InChI=1S/C12H18N2O/c13-7-12(15)10-3-1-9(2-4-10)11-5-6-14-8-11/h1-4,11-12,14-15H,5-8,13H2. The average molecular weight is 206 g/mol. The van der Waals surface area contributed by atoms with Gasteiger partial charge >= 0.3 is 0 Å². The summed E-state index contributed by atoms with van der Waals surface area (Å²) < 4.78 is 0. The van der Waals surface area contributed by atoms with E-state index in [1.54, 1.807) is 0 Å². The summed E-state index contributed by atoms with van der Waals surface area (Å²) in [5, 5.41) is 12.9. The van der Waals surface area contributed by atoms with Gasteiger partial charge < -0.3 is 16.2 Å². The Bertz CT molecular complexity index is 304. The van der Waals surface area contributed by atoms with Crippen LogP contribution in [0.4, 0.5) is 0 Å². The van der Waals surface area contributed by atoms with E-state index in [1.165, 1.54) is 12.0 Å². The molecule has 15 heavy (non-hydrogen) atoms. The van der Waals surface area contributed by atoms with E-state index in [-0.39, 0.29) is 6.54 Å². The number of aliphatic hydroxyl groups excluding tert-OH is 1. The van der Waals surface area contributed by atoms with E-state index >= 15 is 0 Å². The van der Waals surface area contributed by atoms with Gasteiger partial charge in [0.05, 0.1) is 6.10 Å². The molecule has 1 aromatic rings. The van der Waals surface area contributed by atoms with Crippen molar-refractivity contribution in [3.05, 3.63) is 35.4 Å². The van der Waals surface area contributed by atoms with Crippen LogP contribution in [0.15, 0.2) is 24.3 Å². The number of hydrogen-bond acceptors (Lipinski definition) is 3. The van der Waals surface area contributed by atoms with Crippen LogP contribution in [0.2, 0.25) is 0 Å². The largest absolute Gasteiger partial charge is 0.387 e. The van der Waals surface area contributed by atoms with Gasteiger partial charge in [-0.3, -0.25) is 0 Å². The van der Waals surface area contributed by atoms with Crippen molar-refractivity contribution >= 4 is 0 Å².